The second kappa shape index (κ2) is 6.87. The molecule has 1 aliphatic heterocycles. The average Bonchev–Trinajstić information content (AvgIpc) is 2.47. The van der Waals surface area contributed by atoms with Crippen LogP contribution in [0.15, 0.2) is 24.3 Å². The van der Waals surface area contributed by atoms with E-state index in [0.717, 1.165) is 6.42 Å². The van der Waals surface area contributed by atoms with Gasteiger partial charge in [-0.1, -0.05) is 6.07 Å². The molecule has 6 heteroatoms. The predicted molar refractivity (Wildman–Crippen MR) is 83.1 cm³/mol. The van der Waals surface area contributed by atoms with E-state index in [9.17, 15) is 14.0 Å². The first-order chi connectivity index (χ1) is 10.4. The van der Waals surface area contributed by atoms with Gasteiger partial charge in [0, 0.05) is 26.3 Å². The minimum atomic E-state index is -0.358. The Balaban J connectivity index is 2.11. The second-order valence-electron chi connectivity index (χ2n) is 5.83. The number of benzene rings is 1. The van der Waals surface area contributed by atoms with Crippen molar-refractivity contribution in [2.24, 2.45) is 0 Å². The fourth-order valence-corrected chi connectivity index (χ4v) is 2.63. The van der Waals surface area contributed by atoms with Crippen molar-refractivity contribution in [3.05, 3.63) is 30.1 Å². The Labute approximate surface area is 130 Å². The third kappa shape index (κ3) is 3.62. The molecule has 1 atom stereocenters. The van der Waals surface area contributed by atoms with Crippen LogP contribution >= 0.6 is 0 Å². The topological polar surface area (TPSA) is 43.9 Å². The summed E-state index contributed by atoms with van der Waals surface area (Å²) in [6, 6.07) is 5.71. The molecule has 1 fully saturated rings. The summed E-state index contributed by atoms with van der Waals surface area (Å²) < 4.78 is 13.4. The molecule has 5 nitrogen and oxygen atoms in total. The highest BCUT2D eigenvalue weighted by atomic mass is 19.1. The van der Waals surface area contributed by atoms with Crippen LogP contribution in [0.25, 0.3) is 0 Å². The summed E-state index contributed by atoms with van der Waals surface area (Å²) in [5, 5.41) is 0. The molecule has 1 saturated heterocycles. The third-order valence-electron chi connectivity index (χ3n) is 3.95. The largest absolute Gasteiger partial charge is 0.348 e. The fraction of sp³-hybridized carbons (Fsp3) is 0.500. The molecular weight excluding hydrogens is 285 g/mol. The van der Waals surface area contributed by atoms with Gasteiger partial charge in [-0.3, -0.25) is 14.5 Å². The first-order valence-corrected chi connectivity index (χ1v) is 7.37. The summed E-state index contributed by atoms with van der Waals surface area (Å²) in [7, 11) is 5.16. The zero-order valence-corrected chi connectivity index (χ0v) is 13.3. The summed E-state index contributed by atoms with van der Waals surface area (Å²) >= 11 is 0. The van der Waals surface area contributed by atoms with E-state index in [1.165, 1.54) is 17.0 Å². The van der Waals surface area contributed by atoms with Crippen LogP contribution in [0.5, 0.6) is 0 Å². The quantitative estimate of drug-likeness (QED) is 0.843. The molecule has 1 unspecified atom stereocenters. The monoisotopic (exact) mass is 307 g/mol. The molecule has 0 aliphatic carbocycles. The minimum absolute atomic E-state index is 0.0434. The van der Waals surface area contributed by atoms with Crippen molar-refractivity contribution >= 4 is 17.5 Å². The Kier molecular flexibility index (Phi) is 5.13. The van der Waals surface area contributed by atoms with Crippen LogP contribution in [-0.4, -0.2) is 61.9 Å². The van der Waals surface area contributed by atoms with Crippen molar-refractivity contribution in [1.82, 2.24) is 9.80 Å². The number of halogens is 1. The molecule has 1 aromatic rings. The number of carbonyl (C=O) groups excluding carboxylic acids is 2. The van der Waals surface area contributed by atoms with Crippen molar-refractivity contribution in [3.63, 3.8) is 0 Å². The summed E-state index contributed by atoms with van der Waals surface area (Å²) in [5.74, 6) is -0.479. The molecule has 1 heterocycles. The summed E-state index contributed by atoms with van der Waals surface area (Å²) in [5.41, 5.74) is 0.571. The number of hydrogen-bond acceptors (Lipinski definition) is 3. The van der Waals surface area contributed by atoms with E-state index < -0.39 is 0 Å². The third-order valence-corrected chi connectivity index (χ3v) is 3.95. The predicted octanol–water partition coefficient (Wildman–Crippen LogP) is 1.34. The SMILES string of the molecule is CN(C)C(=O)CN(C)C1CCCN(c2cccc(F)c2)C1=O. The number of piperidine rings is 1. The fourth-order valence-electron chi connectivity index (χ4n) is 2.63. The minimum Gasteiger partial charge on any atom is -0.348 e. The lowest BCUT2D eigenvalue weighted by Gasteiger charge is -2.36. The molecule has 0 bridgehead atoms. The van der Waals surface area contributed by atoms with Gasteiger partial charge in [-0.15, -0.1) is 0 Å². The Morgan fingerprint density at radius 2 is 2.09 bits per heavy atom. The van der Waals surface area contributed by atoms with Crippen LogP contribution in [0.1, 0.15) is 12.8 Å². The lowest BCUT2D eigenvalue weighted by atomic mass is 10.0. The van der Waals surface area contributed by atoms with Gasteiger partial charge in [0.1, 0.15) is 5.82 Å². The molecule has 120 valence electrons. The zero-order chi connectivity index (χ0) is 16.3. The highest BCUT2D eigenvalue weighted by molar-refractivity contribution is 5.98. The summed E-state index contributed by atoms with van der Waals surface area (Å²) in [4.78, 5) is 29.4. The first-order valence-electron chi connectivity index (χ1n) is 7.37. The van der Waals surface area contributed by atoms with Crippen LogP contribution < -0.4 is 4.90 Å². The van der Waals surface area contributed by atoms with Gasteiger partial charge in [0.2, 0.25) is 11.8 Å². The van der Waals surface area contributed by atoms with Crippen LogP contribution in [0.3, 0.4) is 0 Å². The van der Waals surface area contributed by atoms with Crippen LogP contribution in [0, 0.1) is 5.82 Å². The number of hydrogen-bond donors (Lipinski definition) is 0. The molecule has 2 amide bonds. The van der Waals surface area contributed by atoms with Crippen molar-refractivity contribution in [1.29, 1.82) is 0 Å². The van der Waals surface area contributed by atoms with Crippen molar-refractivity contribution in [2.75, 3.05) is 39.1 Å². The molecule has 0 spiro atoms. The lowest BCUT2D eigenvalue weighted by molar-refractivity contribution is -0.132. The number of nitrogens with zero attached hydrogens (tertiary/aromatic N) is 3. The van der Waals surface area contributed by atoms with Gasteiger partial charge >= 0.3 is 0 Å². The normalized spacial score (nSPS) is 18.7. The number of amides is 2. The van der Waals surface area contributed by atoms with Crippen LogP contribution in [0.4, 0.5) is 10.1 Å². The highest BCUT2D eigenvalue weighted by Gasteiger charge is 2.33. The number of anilines is 1. The van der Waals surface area contributed by atoms with Crippen LogP contribution in [-0.2, 0) is 9.59 Å². The van der Waals surface area contributed by atoms with E-state index in [2.05, 4.69) is 0 Å². The van der Waals surface area contributed by atoms with E-state index in [-0.39, 0.29) is 30.2 Å². The van der Waals surface area contributed by atoms with Gasteiger partial charge in [-0.05, 0) is 38.1 Å². The first kappa shape index (κ1) is 16.4. The molecule has 1 aliphatic rings. The molecule has 1 aromatic carbocycles. The van der Waals surface area contributed by atoms with Gasteiger partial charge in [0.25, 0.3) is 0 Å². The average molecular weight is 307 g/mol. The maximum Gasteiger partial charge on any atom is 0.244 e. The Morgan fingerprint density at radius 1 is 1.36 bits per heavy atom. The second-order valence-corrected chi connectivity index (χ2v) is 5.83. The smallest absolute Gasteiger partial charge is 0.244 e. The molecular formula is C16H22FN3O2. The number of carbonyl (C=O) groups is 2. The maximum atomic E-state index is 13.4. The summed E-state index contributed by atoms with van der Waals surface area (Å²) in [6.45, 7) is 0.772. The van der Waals surface area contributed by atoms with Gasteiger partial charge in [-0.25, -0.2) is 4.39 Å². The maximum absolute atomic E-state index is 13.4. The van der Waals surface area contributed by atoms with E-state index in [1.54, 1.807) is 43.1 Å². The van der Waals surface area contributed by atoms with E-state index >= 15 is 0 Å². The molecule has 22 heavy (non-hydrogen) atoms. The molecule has 0 saturated carbocycles. The molecule has 0 aromatic heterocycles. The standard InChI is InChI=1S/C16H22FN3O2/c1-18(2)15(21)11-19(3)14-8-5-9-20(16(14)22)13-7-4-6-12(17)10-13/h4,6-7,10,14H,5,8-9,11H2,1-3H3. The lowest BCUT2D eigenvalue weighted by Crippen LogP contribution is -2.53. The zero-order valence-electron chi connectivity index (χ0n) is 13.3. The van der Waals surface area contributed by atoms with Gasteiger partial charge in [-0.2, -0.15) is 0 Å². The van der Waals surface area contributed by atoms with Gasteiger partial charge in [0.15, 0.2) is 0 Å². The van der Waals surface area contributed by atoms with Gasteiger partial charge < -0.3 is 9.80 Å². The van der Waals surface area contributed by atoms with E-state index in [0.29, 0.717) is 18.7 Å². The van der Waals surface area contributed by atoms with Crippen molar-refractivity contribution in [3.8, 4) is 0 Å². The Hall–Kier alpha value is -1.95. The van der Waals surface area contributed by atoms with Crippen molar-refractivity contribution < 1.29 is 14.0 Å². The number of rotatable bonds is 4. The number of likely N-dealkylation sites (N-methyl/N-ethyl adjacent to an activating group) is 2. The van der Waals surface area contributed by atoms with Crippen LogP contribution in [0.2, 0.25) is 0 Å². The Bertz CT molecular complexity index is 562. The molecule has 0 radical (unpaired) electrons. The van der Waals surface area contributed by atoms with Gasteiger partial charge in [0.05, 0.1) is 12.6 Å². The Morgan fingerprint density at radius 3 is 2.73 bits per heavy atom. The highest BCUT2D eigenvalue weighted by Crippen LogP contribution is 2.23. The van der Waals surface area contributed by atoms with E-state index in [1.807, 2.05) is 0 Å². The van der Waals surface area contributed by atoms with E-state index in [4.69, 9.17) is 0 Å². The molecule has 0 N–H and O–H groups in total. The van der Waals surface area contributed by atoms with Crippen molar-refractivity contribution in [2.45, 2.75) is 18.9 Å². The summed E-state index contributed by atoms with van der Waals surface area (Å²) in [6.07, 6.45) is 1.54. The molecule has 2 rings (SSSR count).